The Kier molecular flexibility index (Phi) is 7.15. The maximum absolute atomic E-state index is 12.7. The fraction of sp³-hybridized carbons (Fsp3) is 0.208. The minimum atomic E-state index is -3.63. The van der Waals surface area contributed by atoms with E-state index in [-0.39, 0.29) is 9.77 Å². The van der Waals surface area contributed by atoms with E-state index >= 15 is 0 Å². The number of hydrogen-bond acceptors (Lipinski definition) is 5. The number of aryl methyl sites for hydroxylation is 1. The van der Waals surface area contributed by atoms with E-state index in [1.807, 2.05) is 30.3 Å². The van der Waals surface area contributed by atoms with E-state index in [9.17, 15) is 13.2 Å². The molecule has 3 aromatic carbocycles. The quantitative estimate of drug-likeness (QED) is 0.352. The molecule has 166 valence electrons. The lowest BCUT2D eigenvalue weighted by Crippen LogP contribution is -2.26. The first kappa shape index (κ1) is 22.8. The molecule has 8 heteroatoms. The fourth-order valence-electron chi connectivity index (χ4n) is 3.34. The highest BCUT2D eigenvalue weighted by Crippen LogP contribution is 2.22. The summed E-state index contributed by atoms with van der Waals surface area (Å²) in [6.45, 7) is 2.87. The van der Waals surface area contributed by atoms with Crippen molar-refractivity contribution in [1.29, 1.82) is 0 Å². The molecule has 1 N–H and O–H groups in total. The molecule has 0 atom stereocenters. The molecule has 0 bridgehead atoms. The molecule has 1 heterocycles. The number of fused-ring (bicyclic) bond motifs is 1. The Morgan fingerprint density at radius 2 is 1.72 bits per heavy atom. The molecule has 0 aliphatic heterocycles. The topological polar surface area (TPSA) is 68.2 Å². The van der Waals surface area contributed by atoms with Crippen LogP contribution in [0.1, 0.15) is 16.7 Å². The third-order valence-corrected chi connectivity index (χ3v) is 8.49. The van der Waals surface area contributed by atoms with Gasteiger partial charge in [0.15, 0.2) is 0 Å². The van der Waals surface area contributed by atoms with E-state index in [0.717, 1.165) is 28.2 Å². The number of sulfonamides is 1. The highest BCUT2D eigenvalue weighted by Gasteiger charge is 2.16. The predicted octanol–water partition coefficient (Wildman–Crippen LogP) is 4.63. The van der Waals surface area contributed by atoms with Gasteiger partial charge in [-0.05, 0) is 36.2 Å². The number of hydrogen-bond donors (Lipinski definition) is 1. The molecule has 0 saturated heterocycles. The van der Waals surface area contributed by atoms with Gasteiger partial charge in [-0.25, -0.2) is 13.1 Å². The molecule has 0 aliphatic carbocycles. The molecule has 32 heavy (non-hydrogen) atoms. The van der Waals surface area contributed by atoms with Gasteiger partial charge >= 0.3 is 4.87 Å². The summed E-state index contributed by atoms with van der Waals surface area (Å²) in [6, 6.07) is 23.0. The van der Waals surface area contributed by atoms with Crippen LogP contribution in [0.5, 0.6) is 0 Å². The molecule has 0 amide bonds. The number of benzene rings is 3. The molecule has 0 unspecified atom stereocenters. The van der Waals surface area contributed by atoms with Crippen molar-refractivity contribution in [3.8, 4) is 0 Å². The zero-order chi connectivity index (χ0) is 22.6. The Balaban J connectivity index is 1.39. The third-order valence-electron chi connectivity index (χ3n) is 5.06. The monoisotopic (exact) mass is 484 g/mol. The highest BCUT2D eigenvalue weighted by atomic mass is 32.2. The average molecular weight is 485 g/mol. The third kappa shape index (κ3) is 5.50. The second-order valence-electron chi connectivity index (χ2n) is 7.51. The number of nitrogens with one attached hydrogen (secondary N) is 1. The van der Waals surface area contributed by atoms with Gasteiger partial charge in [-0.15, -0.1) is 0 Å². The summed E-state index contributed by atoms with van der Waals surface area (Å²) >= 11 is 2.76. The highest BCUT2D eigenvalue weighted by molar-refractivity contribution is 7.98. The van der Waals surface area contributed by atoms with Crippen LogP contribution in [0.3, 0.4) is 0 Å². The number of thioether (sulfide) groups is 1. The smallest absolute Gasteiger partial charge is 0.294 e. The number of aromatic nitrogens is 1. The van der Waals surface area contributed by atoms with Crippen LogP contribution in [0.25, 0.3) is 10.2 Å². The van der Waals surface area contributed by atoms with Gasteiger partial charge in [-0.1, -0.05) is 71.5 Å². The Labute approximate surface area is 196 Å². The number of thiazole rings is 1. The van der Waals surface area contributed by atoms with Crippen molar-refractivity contribution >= 4 is 43.3 Å². The van der Waals surface area contributed by atoms with Crippen LogP contribution in [-0.2, 0) is 22.3 Å². The van der Waals surface area contributed by atoms with Crippen molar-refractivity contribution in [2.75, 3.05) is 12.3 Å². The second kappa shape index (κ2) is 10.0. The van der Waals surface area contributed by atoms with Gasteiger partial charge < -0.3 is 0 Å². The fourth-order valence-corrected chi connectivity index (χ4v) is 6.35. The lowest BCUT2D eigenvalue weighted by atomic mass is 10.2. The molecule has 4 aromatic rings. The van der Waals surface area contributed by atoms with Crippen molar-refractivity contribution in [3.05, 3.63) is 99.2 Å². The van der Waals surface area contributed by atoms with Gasteiger partial charge in [0.1, 0.15) is 0 Å². The zero-order valence-corrected chi connectivity index (χ0v) is 20.1. The number of rotatable bonds is 9. The van der Waals surface area contributed by atoms with Crippen molar-refractivity contribution in [2.45, 2.75) is 24.1 Å². The standard InChI is InChI=1S/C24H24N2O3S3/c1-18-7-9-20(10-8-18)17-30-14-13-25-32(28,29)21-11-12-22-23(15-21)31-24(27)26(22)16-19-5-3-2-4-6-19/h2-12,15,25H,13-14,16-17H2,1H3. The Bertz CT molecular complexity index is 1360. The van der Waals surface area contributed by atoms with Gasteiger partial charge in [0.05, 0.1) is 21.7 Å². The van der Waals surface area contributed by atoms with Gasteiger partial charge in [-0.2, -0.15) is 11.8 Å². The summed E-state index contributed by atoms with van der Waals surface area (Å²) in [5.74, 6) is 1.52. The molecule has 0 spiro atoms. The predicted molar refractivity (Wildman–Crippen MR) is 134 cm³/mol. The van der Waals surface area contributed by atoms with Crippen LogP contribution < -0.4 is 9.60 Å². The van der Waals surface area contributed by atoms with Gasteiger partial charge in [0, 0.05) is 18.1 Å². The van der Waals surface area contributed by atoms with Crippen LogP contribution in [0.4, 0.5) is 0 Å². The van der Waals surface area contributed by atoms with Crippen LogP contribution >= 0.6 is 23.1 Å². The van der Waals surface area contributed by atoms with Crippen LogP contribution in [0.15, 0.2) is 82.5 Å². The summed E-state index contributed by atoms with van der Waals surface area (Å²) in [7, 11) is -3.63. The lowest BCUT2D eigenvalue weighted by molar-refractivity contribution is 0.584. The molecular weight excluding hydrogens is 460 g/mol. The minimum Gasteiger partial charge on any atom is -0.294 e. The maximum atomic E-state index is 12.7. The zero-order valence-electron chi connectivity index (χ0n) is 17.7. The molecule has 0 radical (unpaired) electrons. The van der Waals surface area contributed by atoms with E-state index in [2.05, 4.69) is 35.9 Å². The first-order valence-electron chi connectivity index (χ1n) is 10.2. The molecule has 0 saturated carbocycles. The second-order valence-corrected chi connectivity index (χ2v) is 11.4. The Morgan fingerprint density at radius 3 is 2.47 bits per heavy atom. The van der Waals surface area contributed by atoms with E-state index in [1.165, 1.54) is 11.1 Å². The van der Waals surface area contributed by atoms with Gasteiger partial charge in [0.2, 0.25) is 10.0 Å². The Hall–Kier alpha value is -2.39. The normalized spacial score (nSPS) is 11.8. The van der Waals surface area contributed by atoms with Crippen LogP contribution in [0, 0.1) is 6.92 Å². The Morgan fingerprint density at radius 1 is 0.969 bits per heavy atom. The van der Waals surface area contributed by atoms with E-state index in [1.54, 1.807) is 34.5 Å². The SMILES string of the molecule is Cc1ccc(CSCCNS(=O)(=O)c2ccc3c(c2)sc(=O)n3Cc2ccccc2)cc1. The molecule has 0 aliphatic rings. The van der Waals surface area contributed by atoms with Crippen molar-refractivity contribution in [1.82, 2.24) is 9.29 Å². The van der Waals surface area contributed by atoms with E-state index in [0.29, 0.717) is 23.5 Å². The molecular formula is C24H24N2O3S3. The van der Waals surface area contributed by atoms with Crippen LogP contribution in [-0.4, -0.2) is 25.3 Å². The maximum Gasteiger partial charge on any atom is 0.308 e. The van der Waals surface area contributed by atoms with Gasteiger partial charge in [0.25, 0.3) is 0 Å². The molecule has 4 rings (SSSR count). The lowest BCUT2D eigenvalue weighted by Gasteiger charge is -2.08. The first-order chi connectivity index (χ1) is 15.4. The molecule has 0 fully saturated rings. The van der Waals surface area contributed by atoms with Crippen LogP contribution in [0.2, 0.25) is 0 Å². The summed E-state index contributed by atoms with van der Waals surface area (Å²) in [5, 5.41) is 0. The summed E-state index contributed by atoms with van der Waals surface area (Å²) in [4.78, 5) is 12.6. The van der Waals surface area contributed by atoms with E-state index in [4.69, 9.17) is 0 Å². The van der Waals surface area contributed by atoms with Crippen molar-refractivity contribution in [2.24, 2.45) is 0 Å². The largest absolute Gasteiger partial charge is 0.308 e. The minimum absolute atomic E-state index is 0.0983. The van der Waals surface area contributed by atoms with Crippen molar-refractivity contribution in [3.63, 3.8) is 0 Å². The van der Waals surface area contributed by atoms with Crippen molar-refractivity contribution < 1.29 is 8.42 Å². The van der Waals surface area contributed by atoms with Gasteiger partial charge in [-0.3, -0.25) is 9.36 Å². The molecule has 5 nitrogen and oxygen atoms in total. The first-order valence-corrected chi connectivity index (χ1v) is 13.7. The summed E-state index contributed by atoms with van der Waals surface area (Å²) in [5.41, 5.74) is 4.22. The average Bonchev–Trinajstić information content (AvgIpc) is 3.10. The molecule has 1 aromatic heterocycles. The summed E-state index contributed by atoms with van der Waals surface area (Å²) in [6.07, 6.45) is 0. The number of nitrogens with zero attached hydrogens (tertiary/aromatic N) is 1. The summed E-state index contributed by atoms with van der Waals surface area (Å²) < 4.78 is 30.5. The van der Waals surface area contributed by atoms with E-state index < -0.39 is 10.0 Å².